The number of carbonyl (C=O) groups is 1. The number of hydrogen-bond donors (Lipinski definition) is 2. The van der Waals surface area contributed by atoms with Crippen molar-refractivity contribution in [2.24, 2.45) is 5.92 Å². The van der Waals surface area contributed by atoms with Crippen LogP contribution in [0.5, 0.6) is 0 Å². The first-order valence-corrected chi connectivity index (χ1v) is 14.3. The van der Waals surface area contributed by atoms with Crippen molar-refractivity contribution in [1.82, 2.24) is 29.3 Å². The van der Waals surface area contributed by atoms with Gasteiger partial charge in [-0.25, -0.2) is 14.3 Å². The van der Waals surface area contributed by atoms with Crippen LogP contribution in [0.15, 0.2) is 67.3 Å². The van der Waals surface area contributed by atoms with Gasteiger partial charge in [-0.1, -0.05) is 37.3 Å². The van der Waals surface area contributed by atoms with E-state index in [2.05, 4.69) is 61.0 Å². The Kier molecular flexibility index (Phi) is 7.96. The lowest BCUT2D eigenvalue weighted by Gasteiger charge is -2.29. The molecule has 6 rings (SSSR count). The number of nitriles is 1. The molecule has 2 N–H and O–H groups in total. The molecule has 0 bridgehead atoms. The van der Waals surface area contributed by atoms with Gasteiger partial charge in [0.15, 0.2) is 5.82 Å². The van der Waals surface area contributed by atoms with Gasteiger partial charge in [0.25, 0.3) is 0 Å². The van der Waals surface area contributed by atoms with Crippen LogP contribution in [0, 0.1) is 17.2 Å². The Bertz CT molecular complexity index is 1730. The van der Waals surface area contributed by atoms with Gasteiger partial charge in [0, 0.05) is 16.6 Å². The summed E-state index contributed by atoms with van der Waals surface area (Å²) in [6.45, 7) is 5.25. The van der Waals surface area contributed by atoms with Crippen LogP contribution in [0.4, 0.5) is 22.0 Å². The average Bonchev–Trinajstić information content (AvgIpc) is 3.58. The maximum Gasteiger partial charge on any atom is 0.411 e. The summed E-state index contributed by atoms with van der Waals surface area (Å²) in [6.07, 6.45) is 7.16. The third-order valence-electron chi connectivity index (χ3n) is 7.80. The molecule has 1 amide bonds. The highest BCUT2D eigenvalue weighted by Crippen LogP contribution is 2.31. The van der Waals surface area contributed by atoms with E-state index >= 15 is 0 Å². The number of rotatable bonds is 9. The van der Waals surface area contributed by atoms with E-state index in [1.807, 2.05) is 42.1 Å². The molecule has 1 saturated heterocycles. The van der Waals surface area contributed by atoms with E-state index < -0.39 is 6.09 Å². The lowest BCUT2D eigenvalue weighted by atomic mass is 9.98. The highest BCUT2D eigenvalue weighted by Gasteiger charge is 2.22. The van der Waals surface area contributed by atoms with Crippen LogP contribution in [0.2, 0.25) is 0 Å². The molecular weight excluding hydrogens is 530 g/mol. The number of nitrogens with zero attached hydrogens (tertiary/aromatic N) is 7. The summed E-state index contributed by atoms with van der Waals surface area (Å²) in [7, 11) is 0. The summed E-state index contributed by atoms with van der Waals surface area (Å²) in [5.41, 5.74) is 5.47. The first kappa shape index (κ1) is 27.2. The maximum atomic E-state index is 12.7. The number of carbonyl (C=O) groups excluding carboxylic acids is 1. The van der Waals surface area contributed by atoms with E-state index in [-0.39, 0.29) is 0 Å². The van der Waals surface area contributed by atoms with Crippen LogP contribution in [-0.4, -0.2) is 61.6 Å². The van der Waals surface area contributed by atoms with Gasteiger partial charge in [0.05, 0.1) is 49.4 Å². The summed E-state index contributed by atoms with van der Waals surface area (Å²) >= 11 is 0. The molecular formula is C31H33N9O2. The molecule has 0 saturated carbocycles. The second kappa shape index (κ2) is 12.3. The molecule has 4 heterocycles. The molecule has 0 radical (unpaired) electrons. The Labute approximate surface area is 243 Å². The summed E-state index contributed by atoms with van der Waals surface area (Å²) in [5, 5.41) is 25.2. The summed E-state index contributed by atoms with van der Waals surface area (Å²) in [5.74, 6) is 0.942. The Morgan fingerprint density at radius 1 is 1.14 bits per heavy atom. The Morgan fingerprint density at radius 3 is 2.76 bits per heavy atom. The summed E-state index contributed by atoms with van der Waals surface area (Å²) in [6, 6.07) is 18.6. The van der Waals surface area contributed by atoms with Gasteiger partial charge < -0.3 is 10.1 Å². The van der Waals surface area contributed by atoms with Crippen LogP contribution in [0.1, 0.15) is 30.9 Å². The molecule has 2 aromatic carbocycles. The number of likely N-dealkylation sites (tertiary alicyclic amines) is 1. The number of aromatic nitrogens is 5. The number of piperidine rings is 1. The van der Waals surface area contributed by atoms with Gasteiger partial charge in [-0.15, -0.1) is 0 Å². The average molecular weight is 564 g/mol. The lowest BCUT2D eigenvalue weighted by Crippen LogP contribution is -2.35. The first-order chi connectivity index (χ1) is 20.6. The normalized spacial score (nSPS) is 14.2. The fraction of sp³-hybridized carbons (Fsp3) is 0.323. The number of hydrogen-bond acceptors (Lipinski definition) is 8. The maximum absolute atomic E-state index is 12.7. The van der Waals surface area contributed by atoms with Gasteiger partial charge in [0.2, 0.25) is 0 Å². The standard InChI is InChI=1S/C31H33N9O2/c1-2-26-27(37-31(41)42-20-23-10-13-38(14-11-23)15-12-32)19-40-29(26)30(33-21-35-40)36-25-8-9-28-24(16-25)17-34-39(28)18-22-6-4-3-5-7-22/h3-9,16-17,19,21,23H,2,10-11,13-15,18,20H2,1H3,(H,37,41)(H,33,35,36). The Morgan fingerprint density at radius 2 is 1.98 bits per heavy atom. The highest BCUT2D eigenvalue weighted by molar-refractivity contribution is 5.91. The minimum Gasteiger partial charge on any atom is -0.449 e. The third-order valence-corrected chi connectivity index (χ3v) is 7.80. The van der Waals surface area contributed by atoms with E-state index in [0.29, 0.717) is 43.5 Å². The summed E-state index contributed by atoms with van der Waals surface area (Å²) in [4.78, 5) is 19.4. The van der Waals surface area contributed by atoms with E-state index in [1.165, 1.54) is 11.9 Å². The quantitative estimate of drug-likeness (QED) is 0.234. The zero-order valence-corrected chi connectivity index (χ0v) is 23.5. The largest absolute Gasteiger partial charge is 0.449 e. The number of fused-ring (bicyclic) bond motifs is 2. The molecule has 5 aromatic rings. The fourth-order valence-electron chi connectivity index (χ4n) is 5.57. The lowest BCUT2D eigenvalue weighted by molar-refractivity contribution is 0.109. The second-order valence-electron chi connectivity index (χ2n) is 10.6. The number of aryl methyl sites for hydroxylation is 1. The van der Waals surface area contributed by atoms with E-state index in [9.17, 15) is 4.79 Å². The van der Waals surface area contributed by atoms with Crippen molar-refractivity contribution in [3.63, 3.8) is 0 Å². The smallest absolute Gasteiger partial charge is 0.411 e. The molecule has 11 heteroatoms. The van der Waals surface area contributed by atoms with Crippen molar-refractivity contribution < 1.29 is 9.53 Å². The molecule has 1 aliphatic heterocycles. The summed E-state index contributed by atoms with van der Waals surface area (Å²) < 4.78 is 9.30. The van der Waals surface area contributed by atoms with Crippen molar-refractivity contribution in [2.75, 3.05) is 36.9 Å². The predicted octanol–water partition coefficient (Wildman–Crippen LogP) is 5.22. The number of ether oxygens (including phenoxy) is 1. The predicted molar refractivity (Wildman–Crippen MR) is 161 cm³/mol. The molecule has 1 fully saturated rings. The van der Waals surface area contributed by atoms with Crippen LogP contribution >= 0.6 is 0 Å². The van der Waals surface area contributed by atoms with Gasteiger partial charge in [-0.2, -0.15) is 15.5 Å². The number of benzene rings is 2. The SMILES string of the molecule is CCc1c(NC(=O)OCC2CCN(CC#N)CC2)cn2ncnc(Nc3ccc4c(cnn4Cc4ccccc4)c3)c12. The molecule has 214 valence electrons. The molecule has 0 unspecified atom stereocenters. The number of anilines is 3. The van der Waals surface area contributed by atoms with Crippen LogP contribution in [-0.2, 0) is 17.7 Å². The molecule has 0 aliphatic carbocycles. The number of amides is 1. The Balaban J connectivity index is 1.15. The monoisotopic (exact) mass is 563 g/mol. The highest BCUT2D eigenvalue weighted by atomic mass is 16.5. The molecule has 11 nitrogen and oxygen atoms in total. The Hall–Kier alpha value is -4.95. The van der Waals surface area contributed by atoms with E-state index in [1.54, 1.807) is 10.7 Å². The van der Waals surface area contributed by atoms with Crippen LogP contribution in [0.3, 0.4) is 0 Å². The molecule has 3 aromatic heterocycles. The molecule has 42 heavy (non-hydrogen) atoms. The fourth-order valence-corrected chi connectivity index (χ4v) is 5.57. The minimum absolute atomic E-state index is 0.300. The van der Waals surface area contributed by atoms with Crippen molar-refractivity contribution in [3.8, 4) is 6.07 Å². The molecule has 1 aliphatic rings. The first-order valence-electron chi connectivity index (χ1n) is 14.3. The van der Waals surface area contributed by atoms with Crippen molar-refractivity contribution in [1.29, 1.82) is 5.26 Å². The van der Waals surface area contributed by atoms with Gasteiger partial charge >= 0.3 is 6.09 Å². The number of nitrogens with one attached hydrogen (secondary N) is 2. The van der Waals surface area contributed by atoms with Crippen molar-refractivity contribution in [2.45, 2.75) is 32.7 Å². The van der Waals surface area contributed by atoms with Crippen LogP contribution < -0.4 is 10.6 Å². The van der Waals surface area contributed by atoms with E-state index in [4.69, 9.17) is 10.00 Å². The van der Waals surface area contributed by atoms with Gasteiger partial charge in [-0.3, -0.25) is 14.9 Å². The van der Waals surface area contributed by atoms with Crippen molar-refractivity contribution >= 4 is 39.7 Å². The van der Waals surface area contributed by atoms with Crippen LogP contribution in [0.25, 0.3) is 16.4 Å². The third kappa shape index (κ3) is 5.89. The van der Waals surface area contributed by atoms with Gasteiger partial charge in [-0.05, 0) is 62.0 Å². The topological polar surface area (TPSA) is 125 Å². The zero-order chi connectivity index (χ0) is 28.9. The second-order valence-corrected chi connectivity index (χ2v) is 10.6. The molecule has 0 spiro atoms. The van der Waals surface area contributed by atoms with Crippen molar-refractivity contribution in [3.05, 3.63) is 78.4 Å². The zero-order valence-electron chi connectivity index (χ0n) is 23.5. The van der Waals surface area contributed by atoms with Gasteiger partial charge in [0.1, 0.15) is 11.8 Å². The van der Waals surface area contributed by atoms with E-state index in [0.717, 1.165) is 53.6 Å². The minimum atomic E-state index is -0.486. The molecule has 0 atom stereocenters.